The number of hydrogen-bond acceptors (Lipinski definition) is 6. The monoisotopic (exact) mass is 381 g/mol. The van der Waals surface area contributed by atoms with Crippen LogP contribution in [0.1, 0.15) is 10.4 Å². The van der Waals surface area contributed by atoms with Gasteiger partial charge in [0.2, 0.25) is 0 Å². The maximum atomic E-state index is 12.7. The van der Waals surface area contributed by atoms with E-state index in [2.05, 4.69) is 10.0 Å². The van der Waals surface area contributed by atoms with Gasteiger partial charge in [0.1, 0.15) is 23.1 Å². The highest BCUT2D eigenvalue weighted by Gasteiger charge is 2.28. The molecular formula is C17H20FN3O4S. The molecule has 0 aromatic heterocycles. The number of ether oxygens (including phenoxy) is 1. The molecule has 3 rings (SSSR count). The van der Waals surface area contributed by atoms with Crippen molar-refractivity contribution >= 4 is 22.4 Å². The minimum atomic E-state index is -3.19. The van der Waals surface area contributed by atoms with Crippen molar-refractivity contribution in [2.75, 3.05) is 31.8 Å². The largest absolute Gasteiger partial charge is 0.457 e. The maximum Gasteiger partial charge on any atom is 0.251 e. The Hall–Kier alpha value is -2.33. The number of fused-ring (bicyclic) bond motifs is 1. The third kappa shape index (κ3) is 3.75. The van der Waals surface area contributed by atoms with Crippen LogP contribution in [0.15, 0.2) is 47.4 Å². The predicted molar refractivity (Wildman–Crippen MR) is 98.8 cm³/mol. The normalized spacial score (nSPS) is 16.5. The molecule has 7 nitrogen and oxygen atoms in total. The lowest BCUT2D eigenvalue weighted by Crippen LogP contribution is -2.41. The average Bonchev–Trinajstić information content (AvgIpc) is 2.64. The van der Waals surface area contributed by atoms with Gasteiger partial charge >= 0.3 is 0 Å². The van der Waals surface area contributed by atoms with Gasteiger partial charge in [-0.15, -0.1) is 10.8 Å². The van der Waals surface area contributed by atoms with Gasteiger partial charge in [-0.1, -0.05) is 6.07 Å². The van der Waals surface area contributed by atoms with Crippen LogP contribution in [-0.4, -0.2) is 41.9 Å². The number of carbonyl (C=O) groups is 1. The maximum absolute atomic E-state index is 12.7. The number of hydrogen-bond donors (Lipinski definition) is 4. The van der Waals surface area contributed by atoms with Crippen molar-refractivity contribution in [1.29, 1.82) is 0 Å². The number of alkyl halides is 1. The Morgan fingerprint density at radius 2 is 2.08 bits per heavy atom. The Balaban J connectivity index is 1.90. The van der Waals surface area contributed by atoms with Crippen molar-refractivity contribution < 1.29 is 23.0 Å². The molecule has 2 aromatic rings. The van der Waals surface area contributed by atoms with E-state index in [1.807, 2.05) is 0 Å². The topological polar surface area (TPSA) is 94.1 Å². The fraction of sp³-hybridized carbons (Fsp3) is 0.235. The smallest absolute Gasteiger partial charge is 0.251 e. The number of nitrogens with one attached hydrogen (secondary N) is 2. The van der Waals surface area contributed by atoms with Gasteiger partial charge < -0.3 is 15.0 Å². The molecule has 1 aliphatic heterocycles. The second kappa shape index (κ2) is 7.50. The molecule has 0 aliphatic carbocycles. The molecule has 1 aliphatic rings. The third-order valence-corrected chi connectivity index (χ3v) is 5.42. The number of carbonyl (C=O) groups excluding carboxylic acids is 1. The van der Waals surface area contributed by atoms with Gasteiger partial charge in [0, 0.05) is 25.2 Å². The molecule has 1 heterocycles. The van der Waals surface area contributed by atoms with Crippen LogP contribution in [0, 0.1) is 0 Å². The van der Waals surface area contributed by atoms with E-state index >= 15 is 0 Å². The molecule has 1 amide bonds. The van der Waals surface area contributed by atoms with Crippen molar-refractivity contribution in [3.05, 3.63) is 48.0 Å². The Morgan fingerprint density at radius 3 is 2.81 bits per heavy atom. The molecule has 0 spiro atoms. The lowest BCUT2D eigenvalue weighted by molar-refractivity contribution is 0.0962. The van der Waals surface area contributed by atoms with Gasteiger partial charge in [0.05, 0.1) is 12.4 Å². The van der Waals surface area contributed by atoms with E-state index < -0.39 is 17.5 Å². The summed E-state index contributed by atoms with van der Waals surface area (Å²) in [6, 6.07) is 11.5. The van der Waals surface area contributed by atoms with E-state index in [-0.39, 0.29) is 24.0 Å². The molecule has 0 radical (unpaired) electrons. The Bertz CT molecular complexity index is 818. The highest BCUT2D eigenvalue weighted by atomic mass is 32.3. The molecule has 9 heteroatoms. The van der Waals surface area contributed by atoms with E-state index in [0.29, 0.717) is 22.7 Å². The van der Waals surface area contributed by atoms with Crippen molar-refractivity contribution in [2.45, 2.75) is 4.90 Å². The first kappa shape index (κ1) is 18.5. The average molecular weight is 381 g/mol. The summed E-state index contributed by atoms with van der Waals surface area (Å²) in [6.07, 6.45) is 0. The molecule has 0 unspecified atom stereocenters. The zero-order valence-electron chi connectivity index (χ0n) is 14.1. The lowest BCUT2D eigenvalue weighted by Gasteiger charge is -2.43. The van der Waals surface area contributed by atoms with Crippen molar-refractivity contribution in [3.63, 3.8) is 0 Å². The summed E-state index contributed by atoms with van der Waals surface area (Å²) in [7, 11) is -1.65. The summed E-state index contributed by atoms with van der Waals surface area (Å²) in [5.41, 5.74) is 0.996. The molecule has 0 saturated carbocycles. The summed E-state index contributed by atoms with van der Waals surface area (Å²) < 4.78 is 41.6. The molecule has 0 fully saturated rings. The first-order valence-electron chi connectivity index (χ1n) is 7.92. The molecule has 0 saturated heterocycles. The Morgan fingerprint density at radius 1 is 1.31 bits per heavy atom. The van der Waals surface area contributed by atoms with Crippen molar-refractivity contribution in [3.8, 4) is 11.5 Å². The zero-order valence-corrected chi connectivity index (χ0v) is 14.9. The minimum absolute atomic E-state index is 0.143. The molecule has 0 atom stereocenters. The summed E-state index contributed by atoms with van der Waals surface area (Å²) in [5, 5.41) is 2.54. The standard InChI is InChI=1S/C17H20FN3O4S/c1-19-17(22)12-3-2-4-13(9-12)25-14-5-6-15-16(10-14)26(23,24)20-11-21(15)8-7-18/h2-6,9-10,20,23-24H,7-8,11H2,1H3,(H,19,22). The summed E-state index contributed by atoms with van der Waals surface area (Å²) in [5.74, 6) is 0.578. The first-order chi connectivity index (χ1) is 12.4. The highest BCUT2D eigenvalue weighted by Crippen LogP contribution is 2.52. The van der Waals surface area contributed by atoms with Crippen LogP contribution in [0.25, 0.3) is 0 Å². The fourth-order valence-electron chi connectivity index (χ4n) is 2.66. The first-order valence-corrected chi connectivity index (χ1v) is 9.47. The predicted octanol–water partition coefficient (Wildman–Crippen LogP) is 3.20. The van der Waals surface area contributed by atoms with Crippen LogP contribution in [0.5, 0.6) is 11.5 Å². The number of benzene rings is 2. The fourth-order valence-corrected chi connectivity index (χ4v) is 3.92. The third-order valence-electron chi connectivity index (χ3n) is 3.95. The van der Waals surface area contributed by atoms with Gasteiger partial charge in [0.25, 0.3) is 5.91 Å². The number of nitrogens with zero attached hydrogens (tertiary/aromatic N) is 1. The van der Waals surface area contributed by atoms with Crippen molar-refractivity contribution in [1.82, 2.24) is 10.0 Å². The lowest BCUT2D eigenvalue weighted by atomic mass is 10.2. The molecular weight excluding hydrogens is 361 g/mol. The van der Waals surface area contributed by atoms with Crippen LogP contribution in [0.4, 0.5) is 10.1 Å². The zero-order chi connectivity index (χ0) is 18.7. The molecule has 26 heavy (non-hydrogen) atoms. The van der Waals surface area contributed by atoms with Crippen LogP contribution in [0.3, 0.4) is 0 Å². The molecule has 140 valence electrons. The van der Waals surface area contributed by atoms with Gasteiger partial charge in [0.15, 0.2) is 0 Å². The highest BCUT2D eigenvalue weighted by molar-refractivity contribution is 8.22. The second-order valence-corrected chi connectivity index (χ2v) is 7.47. The van der Waals surface area contributed by atoms with Crippen LogP contribution >= 0.6 is 10.8 Å². The van der Waals surface area contributed by atoms with E-state index in [1.54, 1.807) is 48.3 Å². The molecule has 4 N–H and O–H groups in total. The van der Waals surface area contributed by atoms with E-state index in [0.717, 1.165) is 0 Å². The number of halogens is 1. The summed E-state index contributed by atoms with van der Waals surface area (Å²) in [6.45, 7) is -0.262. The number of rotatable bonds is 5. The van der Waals surface area contributed by atoms with E-state index in [9.17, 15) is 18.3 Å². The van der Waals surface area contributed by atoms with Gasteiger partial charge in [-0.05, 0) is 30.3 Å². The van der Waals surface area contributed by atoms with Crippen LogP contribution in [0.2, 0.25) is 0 Å². The Kier molecular flexibility index (Phi) is 5.33. The van der Waals surface area contributed by atoms with Gasteiger partial charge in [-0.25, -0.2) is 4.39 Å². The van der Waals surface area contributed by atoms with E-state index in [1.165, 1.54) is 6.07 Å². The molecule has 2 aromatic carbocycles. The second-order valence-electron chi connectivity index (χ2n) is 5.64. The summed E-state index contributed by atoms with van der Waals surface area (Å²) >= 11 is 0. The summed E-state index contributed by atoms with van der Waals surface area (Å²) in [4.78, 5) is 13.6. The van der Waals surface area contributed by atoms with Gasteiger partial charge in [-0.2, -0.15) is 4.72 Å². The molecule has 0 bridgehead atoms. The van der Waals surface area contributed by atoms with Crippen LogP contribution in [-0.2, 0) is 0 Å². The van der Waals surface area contributed by atoms with E-state index in [4.69, 9.17) is 4.74 Å². The Labute approximate surface area is 152 Å². The SMILES string of the molecule is CNC(=O)c1cccc(Oc2ccc3c(c2)S(O)(O)NCN3CCF)c1. The number of amides is 1. The van der Waals surface area contributed by atoms with Gasteiger partial charge in [-0.3, -0.25) is 13.9 Å². The van der Waals surface area contributed by atoms with Crippen molar-refractivity contribution in [2.24, 2.45) is 0 Å². The minimum Gasteiger partial charge on any atom is -0.457 e. The van der Waals surface area contributed by atoms with Crippen LogP contribution < -0.4 is 19.7 Å². The quantitative estimate of drug-likeness (QED) is 0.636. The number of anilines is 1.